The molecule has 4 aromatic heterocycles. The monoisotopic (exact) mass is 652 g/mol. The van der Waals surface area contributed by atoms with E-state index in [0.717, 1.165) is 21.8 Å². The average molecular weight is 653 g/mol. The molecule has 1 saturated heterocycles. The summed E-state index contributed by atoms with van der Waals surface area (Å²) in [6.07, 6.45) is 1.79. The number of aromatic nitrogens is 4. The van der Waals surface area contributed by atoms with Crippen LogP contribution in [0.4, 0.5) is 5.13 Å². The van der Waals surface area contributed by atoms with Crippen molar-refractivity contribution >= 4 is 53.8 Å². The first-order chi connectivity index (χ1) is 21.3. The van der Waals surface area contributed by atoms with Gasteiger partial charge in [0.05, 0.1) is 36.4 Å². The maximum atomic E-state index is 13.1. The Hall–Kier alpha value is -4.18. The Kier molecular flexibility index (Phi) is 7.40. The number of aryl methyl sites for hydroxylation is 1. The maximum absolute atomic E-state index is 13.1. The number of rotatable bonds is 9. The third-order valence-corrected chi connectivity index (χ3v) is 11.1. The fraction of sp³-hybridized carbons (Fsp3) is 0.276. The Bertz CT molecular complexity index is 2020. The van der Waals surface area contributed by atoms with E-state index < -0.39 is 10.0 Å². The summed E-state index contributed by atoms with van der Waals surface area (Å²) in [5.74, 6) is 1.77. The lowest BCUT2D eigenvalue weighted by Gasteiger charge is -2.33. The lowest BCUT2D eigenvalue weighted by molar-refractivity contribution is 0.303. The van der Waals surface area contributed by atoms with Gasteiger partial charge in [-0.1, -0.05) is 17.7 Å². The minimum atomic E-state index is -3.53. The maximum Gasteiger partial charge on any atom is 0.294 e. The van der Waals surface area contributed by atoms with Gasteiger partial charge in [0.1, 0.15) is 29.4 Å². The molecule has 1 fully saturated rings. The minimum absolute atomic E-state index is 0.241. The summed E-state index contributed by atoms with van der Waals surface area (Å²) in [5.41, 5.74) is 3.04. The summed E-state index contributed by atoms with van der Waals surface area (Å²) in [4.78, 5) is 12.5. The van der Waals surface area contributed by atoms with Crippen LogP contribution in [0.5, 0.6) is 16.7 Å². The predicted octanol–water partition coefficient (Wildman–Crippen LogP) is 5.08. The zero-order valence-electron chi connectivity index (χ0n) is 24.1. The number of imidazole rings is 1. The van der Waals surface area contributed by atoms with Crippen molar-refractivity contribution in [2.75, 3.05) is 45.3 Å². The summed E-state index contributed by atoms with van der Waals surface area (Å²) >= 11 is 2.86. The highest BCUT2D eigenvalue weighted by molar-refractivity contribution is 7.89. The number of thiazole rings is 1. The SMILES string of the molecule is COc1cc(OCc2csc(N3CCN(S(=O)(=O)c4ccc(C)cc4)CC3)n2)c2cc(-c3cn4nc(OC)sc4n3)oc2c1. The van der Waals surface area contributed by atoms with Gasteiger partial charge in [0, 0.05) is 43.7 Å². The Morgan fingerprint density at radius 1 is 1.00 bits per heavy atom. The Morgan fingerprint density at radius 3 is 2.52 bits per heavy atom. The minimum Gasteiger partial charge on any atom is -0.496 e. The van der Waals surface area contributed by atoms with Crippen molar-refractivity contribution < 1.29 is 27.0 Å². The largest absolute Gasteiger partial charge is 0.496 e. The van der Waals surface area contributed by atoms with Crippen LogP contribution in [0.15, 0.2) is 63.4 Å². The molecule has 0 unspecified atom stereocenters. The molecular weight excluding hydrogens is 625 g/mol. The number of sulfonamides is 1. The zero-order chi connectivity index (χ0) is 30.4. The molecule has 0 spiro atoms. The third-order valence-electron chi connectivity index (χ3n) is 7.34. The fourth-order valence-electron chi connectivity index (χ4n) is 4.97. The third kappa shape index (κ3) is 5.36. The molecule has 0 amide bonds. The van der Waals surface area contributed by atoms with Crippen LogP contribution in [0.25, 0.3) is 27.4 Å². The van der Waals surface area contributed by atoms with E-state index in [0.29, 0.717) is 69.8 Å². The van der Waals surface area contributed by atoms with Gasteiger partial charge in [-0.15, -0.1) is 16.4 Å². The lowest BCUT2D eigenvalue weighted by atomic mass is 10.2. The van der Waals surface area contributed by atoms with E-state index in [4.69, 9.17) is 23.6 Å². The molecule has 7 rings (SSSR count). The molecule has 15 heteroatoms. The predicted molar refractivity (Wildman–Crippen MR) is 168 cm³/mol. The molecule has 6 aromatic rings. The quantitative estimate of drug-likeness (QED) is 0.209. The van der Waals surface area contributed by atoms with Crippen LogP contribution >= 0.6 is 22.7 Å². The van der Waals surface area contributed by atoms with Crippen molar-refractivity contribution in [3.8, 4) is 28.1 Å². The van der Waals surface area contributed by atoms with Crippen molar-refractivity contribution in [2.24, 2.45) is 0 Å². The van der Waals surface area contributed by atoms with Crippen molar-refractivity contribution in [3.63, 3.8) is 0 Å². The van der Waals surface area contributed by atoms with Gasteiger partial charge in [-0.05, 0) is 36.5 Å². The molecule has 0 radical (unpaired) electrons. The van der Waals surface area contributed by atoms with Gasteiger partial charge in [0.15, 0.2) is 10.9 Å². The van der Waals surface area contributed by atoms with Gasteiger partial charge in [0.2, 0.25) is 15.0 Å². The Labute approximate surface area is 261 Å². The molecule has 5 heterocycles. The van der Waals surface area contributed by atoms with Crippen LogP contribution in [0.2, 0.25) is 0 Å². The Morgan fingerprint density at radius 2 is 1.80 bits per heavy atom. The number of hydrogen-bond donors (Lipinski definition) is 0. The van der Waals surface area contributed by atoms with E-state index in [1.807, 2.05) is 42.6 Å². The van der Waals surface area contributed by atoms with Crippen molar-refractivity contribution in [3.05, 3.63) is 65.3 Å². The highest BCUT2D eigenvalue weighted by Gasteiger charge is 2.29. The van der Waals surface area contributed by atoms with Gasteiger partial charge < -0.3 is 23.5 Å². The van der Waals surface area contributed by atoms with Gasteiger partial charge in [0.25, 0.3) is 5.19 Å². The first-order valence-electron chi connectivity index (χ1n) is 13.7. The summed E-state index contributed by atoms with van der Waals surface area (Å²) in [5, 5.41) is 8.44. The summed E-state index contributed by atoms with van der Waals surface area (Å²) in [6.45, 7) is 4.08. The summed E-state index contributed by atoms with van der Waals surface area (Å²) in [6, 6.07) is 12.5. The molecule has 44 heavy (non-hydrogen) atoms. The van der Waals surface area contributed by atoms with Crippen LogP contribution in [0, 0.1) is 6.92 Å². The van der Waals surface area contributed by atoms with E-state index >= 15 is 0 Å². The molecular formula is C29H28N6O6S3. The highest BCUT2D eigenvalue weighted by Crippen LogP contribution is 2.38. The molecule has 0 atom stereocenters. The molecule has 0 aliphatic carbocycles. The second-order valence-corrected chi connectivity index (χ2v) is 13.9. The van der Waals surface area contributed by atoms with Crippen LogP contribution < -0.4 is 19.1 Å². The summed E-state index contributed by atoms with van der Waals surface area (Å²) in [7, 11) is -0.361. The van der Waals surface area contributed by atoms with E-state index in [1.54, 1.807) is 41.4 Å². The molecule has 0 N–H and O–H groups in total. The average Bonchev–Trinajstić information content (AvgIpc) is 3.83. The number of furan rings is 1. The number of ether oxygens (including phenoxy) is 3. The van der Waals surface area contributed by atoms with Crippen LogP contribution in [0.1, 0.15) is 11.3 Å². The van der Waals surface area contributed by atoms with Gasteiger partial charge in [-0.3, -0.25) is 0 Å². The molecule has 1 aliphatic rings. The van der Waals surface area contributed by atoms with Gasteiger partial charge >= 0.3 is 0 Å². The number of benzene rings is 2. The molecule has 0 bridgehead atoms. The number of fused-ring (bicyclic) bond motifs is 2. The van der Waals surface area contributed by atoms with Crippen LogP contribution in [-0.2, 0) is 16.6 Å². The lowest BCUT2D eigenvalue weighted by Crippen LogP contribution is -2.48. The molecule has 2 aromatic carbocycles. The van der Waals surface area contributed by atoms with Crippen molar-refractivity contribution in [1.82, 2.24) is 23.9 Å². The van der Waals surface area contributed by atoms with E-state index in [-0.39, 0.29) is 6.61 Å². The van der Waals surface area contributed by atoms with Crippen LogP contribution in [0.3, 0.4) is 0 Å². The Balaban J connectivity index is 1.04. The van der Waals surface area contributed by atoms with Crippen molar-refractivity contribution in [1.29, 1.82) is 0 Å². The normalized spacial score (nSPS) is 14.5. The number of hydrogen-bond acceptors (Lipinski definition) is 12. The number of methoxy groups -OCH3 is 2. The standard InChI is InChI=1S/C29H28N6O6S3/c1-18-4-6-21(7-5-18)44(36,37)34-10-8-33(9-11-34)27-30-19(17-42-27)16-40-24-12-20(38-2)13-25-22(24)14-26(41-25)23-15-35-28(31-23)43-29(32-35)39-3/h4-7,12-15,17H,8-11,16H2,1-3H3. The second-order valence-electron chi connectivity index (χ2n) is 10.2. The van der Waals surface area contributed by atoms with Crippen molar-refractivity contribution in [2.45, 2.75) is 18.4 Å². The molecule has 12 nitrogen and oxygen atoms in total. The number of nitrogens with zero attached hydrogens (tertiary/aromatic N) is 6. The highest BCUT2D eigenvalue weighted by atomic mass is 32.2. The first-order valence-corrected chi connectivity index (χ1v) is 16.9. The van der Waals surface area contributed by atoms with E-state index in [9.17, 15) is 8.42 Å². The van der Waals surface area contributed by atoms with E-state index in [1.165, 1.54) is 22.7 Å². The number of anilines is 1. The topological polar surface area (TPSA) is 125 Å². The molecule has 0 saturated carbocycles. The molecule has 228 valence electrons. The molecule has 1 aliphatic heterocycles. The second kappa shape index (κ2) is 11.4. The van der Waals surface area contributed by atoms with E-state index in [2.05, 4.69) is 15.0 Å². The van der Waals surface area contributed by atoms with Crippen LogP contribution in [-0.4, -0.2) is 72.7 Å². The first kappa shape index (κ1) is 28.6. The zero-order valence-corrected chi connectivity index (χ0v) is 26.5. The summed E-state index contributed by atoms with van der Waals surface area (Å²) < 4.78 is 52.4. The van der Waals surface area contributed by atoms with Gasteiger partial charge in [-0.2, -0.15) is 4.31 Å². The van der Waals surface area contributed by atoms with Gasteiger partial charge in [-0.25, -0.2) is 22.9 Å². The number of piperazine rings is 1. The smallest absolute Gasteiger partial charge is 0.294 e. The fourth-order valence-corrected chi connectivity index (χ4v) is 7.95.